The largest absolute Gasteiger partial charge is 0.406 e. The molecular weight excluding hydrogens is 154 g/mol. The summed E-state index contributed by atoms with van der Waals surface area (Å²) in [4.78, 5) is 25.3. The second-order valence-electron chi connectivity index (χ2n) is 1.82. The van der Waals surface area contributed by atoms with E-state index < -0.39 is 7.94 Å². The minimum Gasteiger partial charge on any atom is -0.378 e. The molecule has 0 heterocycles. The van der Waals surface area contributed by atoms with E-state index in [-0.39, 0.29) is 12.8 Å². The molecule has 0 bridgehead atoms. The minimum absolute atomic E-state index is 0.118. The first kappa shape index (κ1) is 10.3. The van der Waals surface area contributed by atoms with Gasteiger partial charge in [-0.05, 0) is 0 Å². The van der Waals surface area contributed by atoms with Crippen LogP contribution in [0.5, 0.6) is 0 Å². The second-order valence-corrected chi connectivity index (χ2v) is 3.65. The molecule has 0 atom stereocenters. The van der Waals surface area contributed by atoms with Crippen molar-refractivity contribution in [2.75, 3.05) is 19.4 Å². The van der Waals surface area contributed by atoms with E-state index in [1.165, 1.54) is 0 Å². The van der Waals surface area contributed by atoms with Gasteiger partial charge in [0.05, 0.1) is 14.5 Å². The van der Waals surface area contributed by atoms with Gasteiger partial charge in [-0.15, -0.1) is 0 Å². The lowest BCUT2D eigenvalue weighted by Crippen LogP contribution is -2.05. The van der Waals surface area contributed by atoms with Gasteiger partial charge in [-0.3, -0.25) is 0 Å². The van der Waals surface area contributed by atoms with Gasteiger partial charge in [-0.1, -0.05) is 6.32 Å². The zero-order valence-electron chi connectivity index (χ0n) is 5.60. The Morgan fingerprint density at radius 1 is 1.20 bits per heavy atom. The van der Waals surface area contributed by atoms with Gasteiger partial charge in [-0.25, -0.2) is 0 Å². The molecule has 58 valence electrons. The average molecular weight is 165 g/mol. The van der Waals surface area contributed by atoms with Crippen molar-refractivity contribution in [2.24, 2.45) is 0 Å². The molecule has 0 amide bonds. The molecule has 0 aromatic carbocycles. The summed E-state index contributed by atoms with van der Waals surface area (Å²) in [6, 6.07) is 0. The highest BCUT2D eigenvalue weighted by molar-refractivity contribution is 7.58. The maximum absolute atomic E-state index is 8.43. The molecule has 10 heavy (non-hydrogen) atoms. The van der Waals surface area contributed by atoms with E-state index in [0.717, 1.165) is 0 Å². The van der Waals surface area contributed by atoms with Crippen LogP contribution in [0.15, 0.2) is 0 Å². The van der Waals surface area contributed by atoms with Crippen molar-refractivity contribution in [3.63, 3.8) is 0 Å². The minimum atomic E-state index is -3.62. The van der Waals surface area contributed by atoms with Gasteiger partial charge in [0.1, 0.15) is 0 Å². The molecule has 0 saturated heterocycles. The van der Waals surface area contributed by atoms with Crippen LogP contribution in [0.2, 0.25) is 6.32 Å². The van der Waals surface area contributed by atoms with Gasteiger partial charge < -0.3 is 4.74 Å². The van der Waals surface area contributed by atoms with Crippen molar-refractivity contribution in [1.29, 1.82) is 0 Å². The van der Waals surface area contributed by atoms with Crippen LogP contribution >= 0.6 is 7.94 Å². The van der Waals surface area contributed by atoms with E-state index >= 15 is 0 Å². The van der Waals surface area contributed by atoms with E-state index in [4.69, 9.17) is 27.3 Å². The quantitative estimate of drug-likeness (QED) is 0.287. The Bertz CT molecular complexity index is 83.8. The predicted molar refractivity (Wildman–Crippen MR) is 39.8 cm³/mol. The van der Waals surface area contributed by atoms with Crippen molar-refractivity contribution in [3.8, 4) is 0 Å². The second kappa shape index (κ2) is 5.05. The molecule has 0 aromatic rings. The Labute approximate surface area is 61.8 Å². The molecule has 0 aliphatic heterocycles. The summed E-state index contributed by atoms with van der Waals surface area (Å²) < 4.78 is 4.78. The van der Waals surface area contributed by atoms with Gasteiger partial charge in [0.2, 0.25) is 0 Å². The van der Waals surface area contributed by atoms with Crippen LogP contribution in [-0.2, 0) is 4.74 Å². The normalized spacial score (nSPS) is 11.9. The number of hydrogen-bond acceptors (Lipinski definition) is 4. The lowest BCUT2D eigenvalue weighted by Gasteiger charge is -2.03. The summed E-state index contributed by atoms with van der Waals surface area (Å²) in [6.07, 6.45) is 0.279. The summed E-state index contributed by atoms with van der Waals surface area (Å²) >= 11 is 0. The third-order valence-electron chi connectivity index (χ3n) is 0.798. The van der Waals surface area contributed by atoms with Gasteiger partial charge in [0.25, 0.3) is 0 Å². The monoisotopic (exact) mass is 165 g/mol. The van der Waals surface area contributed by atoms with Crippen LogP contribution in [0.3, 0.4) is 0 Å². The maximum atomic E-state index is 8.43. The SMILES string of the molecule is [B]CCOCC[P+](O)(O)O. The fraction of sp³-hybridized carbons (Fsp3) is 1.00. The first-order valence-corrected chi connectivity index (χ1v) is 4.73. The molecule has 0 aromatic heterocycles. The molecule has 0 rings (SSSR count). The molecule has 0 fully saturated rings. The molecule has 0 saturated carbocycles. The van der Waals surface area contributed by atoms with Crippen molar-refractivity contribution in [1.82, 2.24) is 0 Å². The number of hydrogen-bond donors (Lipinski definition) is 3. The zero-order chi connectivity index (χ0) is 8.04. The van der Waals surface area contributed by atoms with Crippen molar-refractivity contribution < 1.29 is 19.4 Å². The smallest absolute Gasteiger partial charge is 0.378 e. The standard InChI is InChI=1S/C4H11BO4P/c5-1-2-9-3-4-10(6,7)8/h6-8H,1-4H2/q+1. The van der Waals surface area contributed by atoms with Crippen LogP contribution in [0.4, 0.5) is 0 Å². The summed E-state index contributed by atoms with van der Waals surface area (Å²) in [5.74, 6) is 0. The highest BCUT2D eigenvalue weighted by atomic mass is 31.2. The first-order valence-electron chi connectivity index (χ1n) is 2.90. The Hall–Kier alpha value is 0.335. The third-order valence-corrected chi connectivity index (χ3v) is 1.58. The number of rotatable bonds is 5. The first-order chi connectivity index (χ1) is 4.56. The van der Waals surface area contributed by atoms with E-state index in [1.807, 2.05) is 0 Å². The lowest BCUT2D eigenvalue weighted by molar-refractivity contribution is 0.157. The molecule has 6 heteroatoms. The Balaban J connectivity index is 3.04. The molecular formula is C4H11BO4P+. The van der Waals surface area contributed by atoms with E-state index in [0.29, 0.717) is 12.9 Å². The van der Waals surface area contributed by atoms with Gasteiger partial charge in [0, 0.05) is 6.61 Å². The van der Waals surface area contributed by atoms with Crippen molar-refractivity contribution in [2.45, 2.75) is 6.32 Å². The van der Waals surface area contributed by atoms with E-state index in [9.17, 15) is 0 Å². The van der Waals surface area contributed by atoms with E-state index in [2.05, 4.69) is 0 Å². The predicted octanol–water partition coefficient (Wildman–Crippen LogP) is -0.671. The van der Waals surface area contributed by atoms with Crippen LogP contribution in [0.1, 0.15) is 0 Å². The molecule has 2 radical (unpaired) electrons. The highest BCUT2D eigenvalue weighted by Gasteiger charge is 2.28. The molecule has 3 N–H and O–H groups in total. The molecule has 0 aliphatic carbocycles. The van der Waals surface area contributed by atoms with Gasteiger partial charge >= 0.3 is 7.94 Å². The van der Waals surface area contributed by atoms with Gasteiger partial charge in [0.15, 0.2) is 6.16 Å². The maximum Gasteiger partial charge on any atom is 0.406 e. The highest BCUT2D eigenvalue weighted by Crippen LogP contribution is 2.43. The van der Waals surface area contributed by atoms with Crippen molar-refractivity contribution in [3.05, 3.63) is 0 Å². The molecule has 0 spiro atoms. The third kappa shape index (κ3) is 8.33. The molecule has 4 nitrogen and oxygen atoms in total. The van der Waals surface area contributed by atoms with E-state index in [1.54, 1.807) is 0 Å². The van der Waals surface area contributed by atoms with Crippen LogP contribution in [0, 0.1) is 0 Å². The van der Waals surface area contributed by atoms with Crippen LogP contribution in [-0.4, -0.2) is 41.9 Å². The van der Waals surface area contributed by atoms with Gasteiger partial charge in [-0.2, -0.15) is 14.7 Å². The Kier molecular flexibility index (Phi) is 5.22. The average Bonchev–Trinajstić information content (AvgIpc) is 1.78. The number of ether oxygens (including phenoxy) is 1. The summed E-state index contributed by atoms with van der Waals surface area (Å²) in [5.41, 5.74) is 0. The van der Waals surface area contributed by atoms with Crippen LogP contribution in [0.25, 0.3) is 0 Å². The fourth-order valence-electron chi connectivity index (χ4n) is 0.372. The summed E-state index contributed by atoms with van der Waals surface area (Å²) in [6.45, 7) is 0.508. The van der Waals surface area contributed by atoms with Crippen molar-refractivity contribution >= 4 is 15.8 Å². The zero-order valence-corrected chi connectivity index (χ0v) is 6.50. The van der Waals surface area contributed by atoms with Crippen LogP contribution < -0.4 is 0 Å². The fourth-order valence-corrected chi connectivity index (χ4v) is 0.746. The topological polar surface area (TPSA) is 69.9 Å². The Morgan fingerprint density at radius 3 is 2.20 bits per heavy atom. The molecule has 0 aliphatic rings. The lowest BCUT2D eigenvalue weighted by atomic mass is 10.1. The summed E-state index contributed by atoms with van der Waals surface area (Å²) in [5, 5.41) is 0. The molecule has 0 unspecified atom stereocenters. The Morgan fingerprint density at radius 2 is 1.80 bits per heavy atom. The summed E-state index contributed by atoms with van der Waals surface area (Å²) in [7, 11) is 1.45.